The molecule has 0 aromatic carbocycles. The molecule has 1 aromatic heterocycles. The van der Waals surface area contributed by atoms with Gasteiger partial charge in [0.05, 0.1) is 11.4 Å². The zero-order valence-electron chi connectivity index (χ0n) is 6.40. The van der Waals surface area contributed by atoms with E-state index in [4.69, 9.17) is 5.73 Å². The first-order valence-corrected chi connectivity index (χ1v) is 5.55. The summed E-state index contributed by atoms with van der Waals surface area (Å²) in [6.07, 6.45) is -2.55. The van der Waals surface area contributed by atoms with Crippen LogP contribution in [0.2, 0.25) is 0 Å². The average molecular weight is 363 g/mol. The molecule has 0 aliphatic heterocycles. The number of aromatic nitrogens is 1. The molecule has 0 aliphatic rings. The van der Waals surface area contributed by atoms with Crippen LogP contribution in [0.25, 0.3) is 0 Å². The Balaban J connectivity index is 3.25. The van der Waals surface area contributed by atoms with Crippen molar-refractivity contribution in [1.29, 1.82) is 0 Å². The molecule has 0 atom stereocenters. The second-order valence-electron chi connectivity index (χ2n) is 2.34. The SMILES string of the molecule is Nc1c(C(F)F)cc(CBr)nc1I. The second-order valence-corrected chi connectivity index (χ2v) is 3.92. The average Bonchev–Trinajstić information content (AvgIpc) is 2.09. The molecule has 0 saturated heterocycles. The summed E-state index contributed by atoms with van der Waals surface area (Å²) in [7, 11) is 0. The Kier molecular flexibility index (Phi) is 3.84. The van der Waals surface area contributed by atoms with E-state index in [0.717, 1.165) is 0 Å². The molecule has 13 heavy (non-hydrogen) atoms. The number of nitrogen functional groups attached to an aromatic ring is 1. The number of halogens is 4. The van der Waals surface area contributed by atoms with Gasteiger partial charge in [-0.05, 0) is 28.7 Å². The number of pyridine rings is 1. The van der Waals surface area contributed by atoms with Crippen molar-refractivity contribution in [2.45, 2.75) is 11.8 Å². The van der Waals surface area contributed by atoms with Crippen molar-refractivity contribution in [3.63, 3.8) is 0 Å². The van der Waals surface area contributed by atoms with Crippen LogP contribution in [0.4, 0.5) is 14.5 Å². The molecule has 1 rings (SSSR count). The van der Waals surface area contributed by atoms with Crippen LogP contribution in [0.5, 0.6) is 0 Å². The van der Waals surface area contributed by atoms with Gasteiger partial charge < -0.3 is 5.73 Å². The molecule has 0 bridgehead atoms. The Morgan fingerprint density at radius 2 is 2.23 bits per heavy atom. The van der Waals surface area contributed by atoms with Gasteiger partial charge in [-0.1, -0.05) is 15.9 Å². The summed E-state index contributed by atoms with van der Waals surface area (Å²) in [5.74, 6) is 0. The smallest absolute Gasteiger partial charge is 0.265 e. The first-order valence-electron chi connectivity index (χ1n) is 3.35. The lowest BCUT2D eigenvalue weighted by Crippen LogP contribution is -2.02. The van der Waals surface area contributed by atoms with Gasteiger partial charge in [0.25, 0.3) is 6.43 Å². The van der Waals surface area contributed by atoms with E-state index in [0.29, 0.717) is 14.7 Å². The van der Waals surface area contributed by atoms with Gasteiger partial charge in [-0.15, -0.1) is 0 Å². The van der Waals surface area contributed by atoms with Crippen LogP contribution in [0, 0.1) is 3.70 Å². The summed E-state index contributed by atoms with van der Waals surface area (Å²) in [4.78, 5) is 4.02. The Labute approximate surface area is 96.2 Å². The van der Waals surface area contributed by atoms with Crippen LogP contribution >= 0.6 is 38.5 Å². The van der Waals surface area contributed by atoms with E-state index in [1.54, 1.807) is 0 Å². The summed E-state index contributed by atoms with van der Waals surface area (Å²) < 4.78 is 25.2. The maximum atomic E-state index is 12.4. The van der Waals surface area contributed by atoms with Crippen LogP contribution in [-0.4, -0.2) is 4.98 Å². The highest BCUT2D eigenvalue weighted by atomic mass is 127. The number of hydrogen-bond acceptors (Lipinski definition) is 2. The monoisotopic (exact) mass is 362 g/mol. The van der Waals surface area contributed by atoms with E-state index >= 15 is 0 Å². The molecule has 0 amide bonds. The Bertz CT molecular complexity index is 320. The molecule has 0 fully saturated rings. The zero-order valence-corrected chi connectivity index (χ0v) is 10.1. The predicted octanol–water partition coefficient (Wildman–Crippen LogP) is 3.10. The number of alkyl halides is 3. The predicted molar refractivity (Wildman–Crippen MR) is 59.0 cm³/mol. The fourth-order valence-electron chi connectivity index (χ4n) is 0.844. The molecule has 2 N–H and O–H groups in total. The van der Waals surface area contributed by atoms with Crippen LogP contribution in [0.15, 0.2) is 6.07 Å². The maximum Gasteiger partial charge on any atom is 0.265 e. The van der Waals surface area contributed by atoms with E-state index in [-0.39, 0.29) is 11.3 Å². The minimum Gasteiger partial charge on any atom is -0.396 e. The van der Waals surface area contributed by atoms with Gasteiger partial charge in [0.1, 0.15) is 3.70 Å². The first kappa shape index (κ1) is 11.1. The standard InChI is InChI=1S/C7H6BrF2IN2/c8-2-3-1-4(6(9)10)5(12)7(11)13-3/h1,6H,2,12H2. The molecular weight excluding hydrogens is 357 g/mol. The minimum absolute atomic E-state index is 0.0697. The van der Waals surface area contributed by atoms with E-state index < -0.39 is 6.43 Å². The number of nitrogens with zero attached hydrogens (tertiary/aromatic N) is 1. The highest BCUT2D eigenvalue weighted by molar-refractivity contribution is 14.1. The summed E-state index contributed by atoms with van der Waals surface area (Å²) in [5.41, 5.74) is 5.93. The summed E-state index contributed by atoms with van der Waals surface area (Å²) in [6, 6.07) is 1.32. The van der Waals surface area contributed by atoms with Crippen molar-refractivity contribution < 1.29 is 8.78 Å². The van der Waals surface area contributed by atoms with Crippen molar-refractivity contribution in [2.75, 3.05) is 5.73 Å². The third-order valence-corrected chi connectivity index (χ3v) is 2.87. The second kappa shape index (κ2) is 4.50. The zero-order chi connectivity index (χ0) is 10.0. The van der Waals surface area contributed by atoms with Crippen LogP contribution < -0.4 is 5.73 Å². The maximum absolute atomic E-state index is 12.4. The van der Waals surface area contributed by atoms with Crippen molar-refractivity contribution >= 4 is 44.2 Å². The van der Waals surface area contributed by atoms with Crippen molar-refractivity contribution in [3.05, 3.63) is 21.0 Å². The molecule has 0 radical (unpaired) electrons. The first-order chi connectivity index (χ1) is 6.06. The largest absolute Gasteiger partial charge is 0.396 e. The molecule has 0 unspecified atom stereocenters. The molecule has 6 heteroatoms. The number of anilines is 1. The number of nitrogens with two attached hydrogens (primary N) is 1. The van der Waals surface area contributed by atoms with Crippen LogP contribution in [-0.2, 0) is 5.33 Å². The van der Waals surface area contributed by atoms with E-state index in [1.165, 1.54) is 6.07 Å². The quantitative estimate of drug-likeness (QED) is 0.499. The van der Waals surface area contributed by atoms with E-state index in [9.17, 15) is 8.78 Å². The lowest BCUT2D eigenvalue weighted by molar-refractivity contribution is 0.152. The Morgan fingerprint density at radius 1 is 1.62 bits per heavy atom. The van der Waals surface area contributed by atoms with Crippen LogP contribution in [0.3, 0.4) is 0 Å². The number of rotatable bonds is 2. The lowest BCUT2D eigenvalue weighted by Gasteiger charge is -2.07. The molecule has 1 aromatic rings. The lowest BCUT2D eigenvalue weighted by atomic mass is 10.2. The molecule has 0 spiro atoms. The van der Waals surface area contributed by atoms with E-state index in [2.05, 4.69) is 20.9 Å². The van der Waals surface area contributed by atoms with Crippen molar-refractivity contribution in [1.82, 2.24) is 4.98 Å². The summed E-state index contributed by atoms with van der Waals surface area (Å²) >= 11 is 4.99. The molecular formula is C7H6BrF2IN2. The van der Waals surface area contributed by atoms with Crippen molar-refractivity contribution in [3.8, 4) is 0 Å². The minimum atomic E-state index is -2.55. The van der Waals surface area contributed by atoms with Gasteiger partial charge in [-0.25, -0.2) is 13.8 Å². The Morgan fingerprint density at radius 3 is 2.69 bits per heavy atom. The third kappa shape index (κ3) is 2.49. The fraction of sp³-hybridized carbons (Fsp3) is 0.286. The fourth-order valence-corrected chi connectivity index (χ4v) is 1.75. The van der Waals surface area contributed by atoms with Gasteiger partial charge in [0.2, 0.25) is 0 Å². The Hall–Kier alpha value is 0.0200. The molecule has 1 heterocycles. The molecule has 2 nitrogen and oxygen atoms in total. The molecule has 72 valence electrons. The topological polar surface area (TPSA) is 38.9 Å². The van der Waals surface area contributed by atoms with Crippen LogP contribution in [0.1, 0.15) is 17.7 Å². The highest BCUT2D eigenvalue weighted by Crippen LogP contribution is 2.28. The van der Waals surface area contributed by atoms with Crippen molar-refractivity contribution in [2.24, 2.45) is 0 Å². The third-order valence-electron chi connectivity index (χ3n) is 1.47. The molecule has 0 aliphatic carbocycles. The van der Waals surface area contributed by atoms with E-state index in [1.807, 2.05) is 22.6 Å². The summed E-state index contributed by atoms with van der Waals surface area (Å²) in [5, 5.41) is 0.447. The number of hydrogen-bond donors (Lipinski definition) is 1. The highest BCUT2D eigenvalue weighted by Gasteiger charge is 2.15. The molecule has 0 saturated carbocycles. The normalized spacial score (nSPS) is 10.8. The van der Waals surface area contributed by atoms with Gasteiger partial charge in [-0.2, -0.15) is 0 Å². The summed E-state index contributed by atoms with van der Waals surface area (Å²) in [6.45, 7) is 0. The van der Waals surface area contributed by atoms with Gasteiger partial charge in [-0.3, -0.25) is 0 Å². The van der Waals surface area contributed by atoms with Gasteiger partial charge in [0.15, 0.2) is 0 Å². The van der Waals surface area contributed by atoms with Gasteiger partial charge >= 0.3 is 0 Å². The van der Waals surface area contributed by atoms with Gasteiger partial charge in [0, 0.05) is 10.9 Å².